The van der Waals surface area contributed by atoms with Gasteiger partial charge in [-0.2, -0.15) is 0 Å². The highest BCUT2D eigenvalue weighted by Gasteiger charge is 2.16. The fourth-order valence-electron chi connectivity index (χ4n) is 4.26. The Morgan fingerprint density at radius 3 is 1.56 bits per heavy atom. The molecule has 0 saturated heterocycles. The van der Waals surface area contributed by atoms with Gasteiger partial charge >= 0.3 is 0 Å². The van der Waals surface area contributed by atoms with Gasteiger partial charge in [0, 0.05) is 35.2 Å². The summed E-state index contributed by atoms with van der Waals surface area (Å²) in [6, 6.07) is 42.9. The number of hydrogen-bond acceptors (Lipinski definition) is 2. The quantitative estimate of drug-likeness (QED) is 0.285. The molecule has 2 heteroatoms. The van der Waals surface area contributed by atoms with Crippen LogP contribution in [-0.2, 0) is 0 Å². The van der Waals surface area contributed by atoms with Crippen LogP contribution in [0, 0.1) is 6.92 Å². The van der Waals surface area contributed by atoms with Crippen LogP contribution in [0.4, 0.5) is 28.4 Å². The number of benzene rings is 5. The van der Waals surface area contributed by atoms with E-state index >= 15 is 0 Å². The lowest BCUT2D eigenvalue weighted by Crippen LogP contribution is -2.12. The molecule has 0 aliphatic heterocycles. The highest BCUT2D eigenvalue weighted by atomic mass is 15.1. The van der Waals surface area contributed by atoms with E-state index in [1.807, 2.05) is 6.07 Å². The Morgan fingerprint density at radius 2 is 0.906 bits per heavy atom. The van der Waals surface area contributed by atoms with E-state index in [1.54, 1.807) is 0 Å². The minimum Gasteiger partial charge on any atom is -0.345 e. The third-order valence-corrected chi connectivity index (χ3v) is 6.01. The molecule has 0 unspecified atom stereocenters. The molecule has 0 saturated carbocycles. The number of fused-ring (bicyclic) bond motifs is 1. The first-order valence-electron chi connectivity index (χ1n) is 10.9. The molecule has 0 radical (unpaired) electrons. The van der Waals surface area contributed by atoms with Crippen LogP contribution in [0.25, 0.3) is 10.8 Å². The summed E-state index contributed by atoms with van der Waals surface area (Å²) >= 11 is 0. The molecular formula is C30H26N2. The first-order valence-corrected chi connectivity index (χ1v) is 10.9. The maximum atomic E-state index is 2.34. The number of hydrogen-bond donors (Lipinski definition) is 0. The van der Waals surface area contributed by atoms with Crippen LogP contribution in [0.5, 0.6) is 0 Å². The topological polar surface area (TPSA) is 6.48 Å². The molecule has 0 heterocycles. The molecule has 0 aliphatic carbocycles. The molecule has 5 aromatic rings. The number of aryl methyl sites for hydroxylation is 1. The largest absolute Gasteiger partial charge is 0.345 e. The van der Waals surface area contributed by atoms with Crippen LogP contribution in [0.1, 0.15) is 5.56 Å². The summed E-state index contributed by atoms with van der Waals surface area (Å²) in [5.41, 5.74) is 7.08. The van der Waals surface area contributed by atoms with E-state index < -0.39 is 0 Å². The minimum atomic E-state index is 1.13. The third-order valence-electron chi connectivity index (χ3n) is 6.01. The average Bonchev–Trinajstić information content (AvgIpc) is 2.87. The highest BCUT2D eigenvalue weighted by molar-refractivity contribution is 6.00. The summed E-state index contributed by atoms with van der Waals surface area (Å²) in [6.07, 6.45) is 0. The lowest BCUT2D eigenvalue weighted by Gasteiger charge is -2.28. The van der Waals surface area contributed by atoms with Crippen LogP contribution in [0.15, 0.2) is 121 Å². The molecule has 0 spiro atoms. The van der Waals surface area contributed by atoms with Crippen molar-refractivity contribution in [3.8, 4) is 0 Å². The van der Waals surface area contributed by atoms with Crippen molar-refractivity contribution in [2.45, 2.75) is 6.92 Å². The second-order valence-corrected chi connectivity index (χ2v) is 8.03. The smallest absolute Gasteiger partial charge is 0.0540 e. The Morgan fingerprint density at radius 1 is 0.438 bits per heavy atom. The van der Waals surface area contributed by atoms with E-state index in [-0.39, 0.29) is 0 Å². The van der Waals surface area contributed by atoms with Crippen molar-refractivity contribution in [1.29, 1.82) is 0 Å². The Balaban J connectivity index is 1.61. The highest BCUT2D eigenvalue weighted by Crippen LogP contribution is 2.40. The zero-order chi connectivity index (χ0) is 21.9. The molecule has 0 atom stereocenters. The van der Waals surface area contributed by atoms with Gasteiger partial charge in [0.25, 0.3) is 0 Å². The molecule has 2 nitrogen and oxygen atoms in total. The third kappa shape index (κ3) is 3.72. The van der Waals surface area contributed by atoms with Gasteiger partial charge in [-0.3, -0.25) is 0 Å². The Hall–Kier alpha value is -4.04. The van der Waals surface area contributed by atoms with E-state index in [0.29, 0.717) is 0 Å². The van der Waals surface area contributed by atoms with Crippen molar-refractivity contribution < 1.29 is 0 Å². The summed E-state index contributed by atoms with van der Waals surface area (Å²) < 4.78 is 0. The van der Waals surface area contributed by atoms with Gasteiger partial charge in [0.1, 0.15) is 0 Å². The van der Waals surface area contributed by atoms with Gasteiger partial charge in [0.05, 0.1) is 5.69 Å². The SMILES string of the molecule is Cc1ccc(N(c2ccccc2)c2ccc(N(C)c3ccccc3)cc2)c2ccccc12. The van der Waals surface area contributed by atoms with Gasteiger partial charge in [-0.15, -0.1) is 0 Å². The first kappa shape index (κ1) is 19.9. The average molecular weight is 415 g/mol. The molecule has 0 aromatic heterocycles. The minimum absolute atomic E-state index is 1.13. The zero-order valence-corrected chi connectivity index (χ0v) is 18.4. The summed E-state index contributed by atoms with van der Waals surface area (Å²) in [4.78, 5) is 4.55. The lowest BCUT2D eigenvalue weighted by molar-refractivity contribution is 1.20. The van der Waals surface area contributed by atoms with Crippen molar-refractivity contribution in [2.24, 2.45) is 0 Å². The van der Waals surface area contributed by atoms with Crippen molar-refractivity contribution in [2.75, 3.05) is 16.8 Å². The molecule has 32 heavy (non-hydrogen) atoms. The zero-order valence-electron chi connectivity index (χ0n) is 18.4. The second-order valence-electron chi connectivity index (χ2n) is 8.03. The first-order chi connectivity index (χ1) is 15.7. The molecule has 0 fully saturated rings. The van der Waals surface area contributed by atoms with Crippen LogP contribution >= 0.6 is 0 Å². The van der Waals surface area contributed by atoms with Gasteiger partial charge in [0.15, 0.2) is 0 Å². The normalized spacial score (nSPS) is 10.8. The maximum absolute atomic E-state index is 2.34. The van der Waals surface area contributed by atoms with E-state index in [9.17, 15) is 0 Å². The Kier molecular flexibility index (Phi) is 5.35. The Bertz CT molecular complexity index is 1330. The molecular weight excluding hydrogens is 388 g/mol. The fourth-order valence-corrected chi connectivity index (χ4v) is 4.26. The van der Waals surface area contributed by atoms with Gasteiger partial charge < -0.3 is 9.80 Å². The molecule has 0 N–H and O–H groups in total. The second kappa shape index (κ2) is 8.60. The number of rotatable bonds is 5. The molecule has 5 rings (SSSR count). The lowest BCUT2D eigenvalue weighted by atomic mass is 10.0. The number of anilines is 5. The predicted molar refractivity (Wildman–Crippen MR) is 138 cm³/mol. The van der Waals surface area contributed by atoms with Crippen LogP contribution in [0.3, 0.4) is 0 Å². The fraction of sp³-hybridized carbons (Fsp3) is 0.0667. The van der Waals surface area contributed by atoms with E-state index in [4.69, 9.17) is 0 Å². The number of nitrogens with zero attached hydrogens (tertiary/aromatic N) is 2. The molecule has 0 aliphatic rings. The van der Waals surface area contributed by atoms with E-state index in [2.05, 4.69) is 139 Å². The van der Waals surface area contributed by atoms with Crippen LogP contribution in [-0.4, -0.2) is 7.05 Å². The van der Waals surface area contributed by atoms with Crippen molar-refractivity contribution in [3.05, 3.63) is 127 Å². The van der Waals surface area contributed by atoms with Gasteiger partial charge in [-0.25, -0.2) is 0 Å². The summed E-state index contributed by atoms with van der Waals surface area (Å²) in [5.74, 6) is 0. The molecule has 0 bridgehead atoms. The standard InChI is InChI=1S/C30H26N2/c1-23-17-22-30(29-16-10-9-15-28(23)29)32(26-13-7-4-8-14-26)27-20-18-25(19-21-27)31(2)24-11-5-3-6-12-24/h3-22H,1-2H3. The maximum Gasteiger partial charge on any atom is 0.0540 e. The molecule has 5 aromatic carbocycles. The van der Waals surface area contributed by atoms with Gasteiger partial charge in [-0.1, -0.05) is 66.7 Å². The molecule has 156 valence electrons. The summed E-state index contributed by atoms with van der Waals surface area (Å²) in [7, 11) is 2.10. The van der Waals surface area contributed by atoms with Crippen LogP contribution < -0.4 is 9.80 Å². The van der Waals surface area contributed by atoms with Crippen molar-refractivity contribution in [1.82, 2.24) is 0 Å². The molecule has 0 amide bonds. The monoisotopic (exact) mass is 414 g/mol. The predicted octanol–water partition coefficient (Wildman–Crippen LogP) is 8.39. The van der Waals surface area contributed by atoms with Crippen molar-refractivity contribution in [3.63, 3.8) is 0 Å². The van der Waals surface area contributed by atoms with Gasteiger partial charge in [0.2, 0.25) is 0 Å². The van der Waals surface area contributed by atoms with Gasteiger partial charge in [-0.05, 0) is 72.5 Å². The number of para-hydroxylation sites is 2. The summed E-state index contributed by atoms with van der Waals surface area (Å²) in [6.45, 7) is 2.17. The van der Waals surface area contributed by atoms with Crippen LogP contribution in [0.2, 0.25) is 0 Å². The van der Waals surface area contributed by atoms with E-state index in [0.717, 1.165) is 17.1 Å². The summed E-state index contributed by atoms with van der Waals surface area (Å²) in [5, 5.41) is 2.54. The Labute approximate surface area is 190 Å². The van der Waals surface area contributed by atoms with Crippen molar-refractivity contribution >= 4 is 39.2 Å². The van der Waals surface area contributed by atoms with E-state index in [1.165, 1.54) is 27.7 Å².